The van der Waals surface area contributed by atoms with E-state index in [0.717, 1.165) is 5.57 Å². The first-order valence-electron chi connectivity index (χ1n) is 7.85. The monoisotopic (exact) mass is 316 g/mol. The maximum atomic E-state index is 4.12. The van der Waals surface area contributed by atoms with Crippen molar-refractivity contribution in [2.45, 2.75) is 0 Å². The summed E-state index contributed by atoms with van der Waals surface area (Å²) in [6.07, 6.45) is 18.8. The summed E-state index contributed by atoms with van der Waals surface area (Å²) in [6, 6.07) is 0. The molecule has 0 radical (unpaired) electrons. The first kappa shape index (κ1) is 19.4. The molecule has 0 fully saturated rings. The van der Waals surface area contributed by atoms with Gasteiger partial charge in [0.2, 0.25) is 0 Å². The van der Waals surface area contributed by atoms with Gasteiger partial charge in [0.1, 0.15) is 0 Å². The predicted molar refractivity (Wildman–Crippen MR) is 110 cm³/mol. The van der Waals surface area contributed by atoms with E-state index in [0.29, 0.717) is 0 Å². The quantitative estimate of drug-likeness (QED) is 0.423. The van der Waals surface area contributed by atoms with Gasteiger partial charge >= 0.3 is 0 Å². The van der Waals surface area contributed by atoms with Crippen molar-refractivity contribution >= 4 is 0 Å². The molecule has 0 bridgehead atoms. The van der Waals surface area contributed by atoms with Crippen LogP contribution in [0.1, 0.15) is 0 Å². The summed E-state index contributed by atoms with van der Waals surface area (Å²) < 4.78 is 0. The average Bonchev–Trinajstić information content (AvgIpc) is 2.65. The van der Waals surface area contributed by atoms with Crippen LogP contribution in [-0.2, 0) is 0 Å². The van der Waals surface area contributed by atoms with Crippen molar-refractivity contribution in [2.75, 3.05) is 0 Å². The second-order valence-electron chi connectivity index (χ2n) is 5.98. The molecule has 0 amide bonds. The second-order valence-corrected chi connectivity index (χ2v) is 5.98. The third-order valence-electron chi connectivity index (χ3n) is 5.78. The van der Waals surface area contributed by atoms with Crippen LogP contribution in [-0.4, -0.2) is 0 Å². The summed E-state index contributed by atoms with van der Waals surface area (Å²) in [7, 11) is 0. The lowest BCUT2D eigenvalue weighted by Gasteiger charge is -2.63. The van der Waals surface area contributed by atoms with Crippen molar-refractivity contribution in [3.63, 3.8) is 0 Å². The van der Waals surface area contributed by atoms with Gasteiger partial charge in [0.15, 0.2) is 0 Å². The minimum Gasteiger partial charge on any atom is -0.102 e. The first-order valence-corrected chi connectivity index (χ1v) is 7.85. The molecule has 0 spiro atoms. The smallest absolute Gasteiger partial charge is 0.0441 e. The number of hydrogen-bond donors (Lipinski definition) is 0. The SMILES string of the molecule is C=CC1=CC(C=C)(C=C)C(C=C)(C=C)C(C=C)(C=C)C1(C=C)C=C. The summed E-state index contributed by atoms with van der Waals surface area (Å²) in [5.41, 5.74) is -1.81. The molecule has 0 nitrogen and oxygen atoms in total. The molecule has 0 saturated heterocycles. The molecule has 0 heterocycles. The van der Waals surface area contributed by atoms with Gasteiger partial charge in [-0.15, -0.1) is 52.6 Å². The molecular weight excluding hydrogens is 288 g/mol. The van der Waals surface area contributed by atoms with E-state index in [1.165, 1.54) is 0 Å². The molecule has 0 unspecified atom stereocenters. The van der Waals surface area contributed by atoms with Crippen molar-refractivity contribution in [2.24, 2.45) is 21.7 Å². The van der Waals surface area contributed by atoms with E-state index in [2.05, 4.69) is 65.3 Å². The molecule has 1 aliphatic carbocycles. The summed E-state index contributed by atoms with van der Waals surface area (Å²) in [5.74, 6) is 0. The Balaban J connectivity index is 4.40. The summed E-state index contributed by atoms with van der Waals surface area (Å²) >= 11 is 0. The van der Waals surface area contributed by atoms with Gasteiger partial charge in [-0.05, 0) is 5.57 Å². The van der Waals surface area contributed by atoms with Crippen molar-refractivity contribution in [1.82, 2.24) is 0 Å². The molecule has 0 aromatic rings. The molecule has 0 aromatic heterocycles. The highest BCUT2D eigenvalue weighted by Gasteiger charge is 2.65. The molecule has 1 rings (SSSR count). The van der Waals surface area contributed by atoms with E-state index < -0.39 is 21.7 Å². The van der Waals surface area contributed by atoms with E-state index in [1.807, 2.05) is 54.7 Å². The molecule has 0 saturated carbocycles. The van der Waals surface area contributed by atoms with Crippen molar-refractivity contribution in [3.05, 3.63) is 126 Å². The van der Waals surface area contributed by atoms with Crippen LogP contribution in [0.2, 0.25) is 0 Å². The lowest BCUT2D eigenvalue weighted by molar-refractivity contribution is 0.0850. The van der Waals surface area contributed by atoms with E-state index in [-0.39, 0.29) is 0 Å². The van der Waals surface area contributed by atoms with Gasteiger partial charge in [0, 0.05) is 21.7 Å². The molecule has 24 heavy (non-hydrogen) atoms. The van der Waals surface area contributed by atoms with Gasteiger partial charge in [-0.2, -0.15) is 0 Å². The van der Waals surface area contributed by atoms with Crippen LogP contribution in [0.5, 0.6) is 0 Å². The van der Waals surface area contributed by atoms with Crippen LogP contribution >= 0.6 is 0 Å². The standard InChI is InChI=1S/C24H28/c1-10-20-19-21(11-2,12-3)23(15-6,16-7)24(17-8,18-9)22(20,13-4)14-5/h10-19H,1-9H2. The normalized spacial score (nSPS) is 21.9. The van der Waals surface area contributed by atoms with Crippen molar-refractivity contribution in [1.29, 1.82) is 0 Å². The predicted octanol–water partition coefficient (Wildman–Crippen LogP) is 6.55. The molecule has 0 aliphatic heterocycles. The van der Waals surface area contributed by atoms with Gasteiger partial charge in [0.25, 0.3) is 0 Å². The first-order chi connectivity index (χ1) is 11.4. The molecule has 0 aromatic carbocycles. The topological polar surface area (TPSA) is 0 Å². The molecule has 0 N–H and O–H groups in total. The fourth-order valence-electron chi connectivity index (χ4n) is 4.39. The van der Waals surface area contributed by atoms with Crippen LogP contribution in [0.15, 0.2) is 126 Å². The minimum absolute atomic E-state index is 0.641. The third kappa shape index (κ3) is 1.74. The molecule has 124 valence electrons. The van der Waals surface area contributed by atoms with Crippen LogP contribution in [0.4, 0.5) is 0 Å². The highest BCUT2D eigenvalue weighted by molar-refractivity contribution is 5.56. The zero-order valence-corrected chi connectivity index (χ0v) is 14.6. The van der Waals surface area contributed by atoms with Crippen LogP contribution < -0.4 is 0 Å². The van der Waals surface area contributed by atoms with Gasteiger partial charge in [-0.3, -0.25) is 0 Å². The lowest BCUT2D eigenvalue weighted by Crippen LogP contribution is -2.58. The Morgan fingerprint density at radius 1 is 0.542 bits per heavy atom. The van der Waals surface area contributed by atoms with Gasteiger partial charge in [-0.1, -0.05) is 67.3 Å². The fraction of sp³-hybridized carbons (Fsp3) is 0.167. The highest BCUT2D eigenvalue weighted by Crippen LogP contribution is 2.70. The van der Waals surface area contributed by atoms with Crippen LogP contribution in [0.3, 0.4) is 0 Å². The zero-order chi connectivity index (χ0) is 18.6. The maximum Gasteiger partial charge on any atom is 0.0441 e. The second kappa shape index (κ2) is 6.49. The Morgan fingerprint density at radius 3 is 1.21 bits per heavy atom. The van der Waals surface area contributed by atoms with Crippen molar-refractivity contribution in [3.8, 4) is 0 Å². The number of hydrogen-bond acceptors (Lipinski definition) is 0. The Morgan fingerprint density at radius 2 is 0.958 bits per heavy atom. The molecular formula is C24H28. The van der Waals surface area contributed by atoms with Crippen molar-refractivity contribution < 1.29 is 0 Å². The highest BCUT2D eigenvalue weighted by atomic mass is 14.7. The average molecular weight is 316 g/mol. The summed E-state index contributed by atoms with van der Waals surface area (Å²) in [5, 5.41) is 0. The Hall–Kier alpha value is -2.60. The third-order valence-corrected chi connectivity index (χ3v) is 5.78. The lowest BCUT2D eigenvalue weighted by atomic mass is 9.38. The van der Waals surface area contributed by atoms with E-state index in [4.69, 9.17) is 0 Å². The minimum atomic E-state index is -0.729. The van der Waals surface area contributed by atoms with E-state index in [9.17, 15) is 0 Å². The molecule has 0 heteroatoms. The van der Waals surface area contributed by atoms with Crippen LogP contribution in [0, 0.1) is 21.7 Å². The van der Waals surface area contributed by atoms with Gasteiger partial charge in [0.05, 0.1) is 0 Å². The van der Waals surface area contributed by atoms with Crippen LogP contribution in [0.25, 0.3) is 0 Å². The maximum absolute atomic E-state index is 4.12. The Kier molecular flexibility index (Phi) is 5.26. The Bertz CT molecular complexity index is 630. The van der Waals surface area contributed by atoms with Gasteiger partial charge in [-0.25, -0.2) is 0 Å². The van der Waals surface area contributed by atoms with E-state index >= 15 is 0 Å². The Labute approximate surface area is 147 Å². The largest absolute Gasteiger partial charge is 0.102 e. The molecule has 0 atom stereocenters. The van der Waals surface area contributed by atoms with Gasteiger partial charge < -0.3 is 0 Å². The number of allylic oxidation sites excluding steroid dienone is 11. The fourth-order valence-corrected chi connectivity index (χ4v) is 4.39. The summed E-state index contributed by atoms with van der Waals surface area (Å²) in [6.45, 7) is 36.7. The number of rotatable bonds is 9. The molecule has 1 aliphatic rings. The summed E-state index contributed by atoms with van der Waals surface area (Å²) in [4.78, 5) is 0. The van der Waals surface area contributed by atoms with E-state index in [1.54, 1.807) is 0 Å². The zero-order valence-electron chi connectivity index (χ0n) is 14.6.